The van der Waals surface area contributed by atoms with Gasteiger partial charge in [0.05, 0.1) is 5.69 Å². The first-order valence-corrected chi connectivity index (χ1v) is 8.04. The van der Waals surface area contributed by atoms with Crippen molar-refractivity contribution in [3.63, 3.8) is 0 Å². The molecule has 1 amide bonds. The molecule has 3 heterocycles. The maximum absolute atomic E-state index is 12.2. The smallest absolute Gasteiger partial charge is 0.257 e. The molecule has 0 aliphatic rings. The molecule has 0 saturated carbocycles. The minimum atomic E-state index is -0.191. The zero-order valence-electron chi connectivity index (χ0n) is 13.1. The third-order valence-electron chi connectivity index (χ3n) is 3.45. The third-order valence-corrected chi connectivity index (χ3v) is 4.21. The molecule has 23 heavy (non-hydrogen) atoms. The summed E-state index contributed by atoms with van der Waals surface area (Å²) in [6.07, 6.45) is 3.18. The topological polar surface area (TPSA) is 67.8 Å². The lowest BCUT2D eigenvalue weighted by Gasteiger charge is -2.07. The summed E-state index contributed by atoms with van der Waals surface area (Å²) in [6.45, 7) is 6.00. The van der Waals surface area contributed by atoms with Gasteiger partial charge in [0.25, 0.3) is 5.91 Å². The van der Waals surface area contributed by atoms with E-state index in [2.05, 4.69) is 20.3 Å². The van der Waals surface area contributed by atoms with Gasteiger partial charge in [-0.3, -0.25) is 20.1 Å². The highest BCUT2D eigenvalue weighted by atomic mass is 32.1. The number of carbonyl (C=O) groups excluding carboxylic acids is 1. The number of nitrogens with zero attached hydrogens (tertiary/aromatic N) is 3. The summed E-state index contributed by atoms with van der Waals surface area (Å²) < 4.78 is 0. The molecule has 0 aromatic carbocycles. The molecular weight excluding hydrogens is 308 g/mol. The monoisotopic (exact) mass is 324 g/mol. The molecule has 0 aliphatic carbocycles. The maximum Gasteiger partial charge on any atom is 0.257 e. The molecule has 1 N–H and O–H groups in total. The van der Waals surface area contributed by atoms with Crippen molar-refractivity contribution in [2.24, 2.45) is 0 Å². The number of hydrogen-bond acceptors (Lipinski definition) is 5. The van der Waals surface area contributed by atoms with E-state index in [1.807, 2.05) is 32.2 Å². The number of aryl methyl sites for hydroxylation is 3. The van der Waals surface area contributed by atoms with E-state index in [1.54, 1.807) is 24.5 Å². The van der Waals surface area contributed by atoms with E-state index in [1.165, 1.54) is 11.3 Å². The zero-order chi connectivity index (χ0) is 16.4. The van der Waals surface area contributed by atoms with Gasteiger partial charge in [-0.2, -0.15) is 0 Å². The van der Waals surface area contributed by atoms with Crippen LogP contribution >= 0.6 is 11.3 Å². The molecule has 5 nitrogen and oxygen atoms in total. The largest absolute Gasteiger partial charge is 0.298 e. The maximum atomic E-state index is 12.2. The second-order valence-corrected chi connectivity index (χ2v) is 6.13. The van der Waals surface area contributed by atoms with Crippen molar-refractivity contribution in [1.82, 2.24) is 15.0 Å². The quantitative estimate of drug-likeness (QED) is 0.796. The van der Waals surface area contributed by atoms with E-state index < -0.39 is 0 Å². The highest BCUT2D eigenvalue weighted by Crippen LogP contribution is 2.29. The highest BCUT2D eigenvalue weighted by Gasteiger charge is 2.13. The average molecular weight is 324 g/mol. The van der Waals surface area contributed by atoms with Crippen LogP contribution in [0.2, 0.25) is 0 Å². The van der Waals surface area contributed by atoms with E-state index in [9.17, 15) is 4.79 Å². The molecule has 0 aliphatic heterocycles. The molecule has 0 spiro atoms. The summed E-state index contributed by atoms with van der Waals surface area (Å²) in [5, 5.41) is 5.33. The van der Waals surface area contributed by atoms with Gasteiger partial charge >= 0.3 is 0 Å². The molecule has 3 aromatic heterocycles. The predicted octanol–water partition coefficient (Wildman–Crippen LogP) is 3.78. The zero-order valence-corrected chi connectivity index (χ0v) is 13.9. The second kappa shape index (κ2) is 6.26. The number of hydrogen-bond donors (Lipinski definition) is 1. The lowest BCUT2D eigenvalue weighted by molar-refractivity contribution is 0.102. The van der Waals surface area contributed by atoms with E-state index in [0.717, 1.165) is 28.2 Å². The molecule has 3 aromatic rings. The van der Waals surface area contributed by atoms with Crippen molar-refractivity contribution in [3.05, 3.63) is 58.5 Å². The van der Waals surface area contributed by atoms with E-state index >= 15 is 0 Å². The summed E-state index contributed by atoms with van der Waals surface area (Å²) in [4.78, 5) is 25.1. The first-order valence-electron chi connectivity index (χ1n) is 7.16. The normalized spacial score (nSPS) is 10.6. The Morgan fingerprint density at radius 2 is 1.87 bits per heavy atom. The number of thiazole rings is 1. The first kappa shape index (κ1) is 15.3. The van der Waals surface area contributed by atoms with Gasteiger partial charge < -0.3 is 0 Å². The van der Waals surface area contributed by atoms with Crippen LogP contribution in [0.3, 0.4) is 0 Å². The Kier molecular flexibility index (Phi) is 4.16. The fraction of sp³-hybridized carbons (Fsp3) is 0.176. The molecule has 116 valence electrons. The fourth-order valence-corrected chi connectivity index (χ4v) is 3.23. The van der Waals surface area contributed by atoms with Crippen LogP contribution in [0, 0.1) is 20.8 Å². The van der Waals surface area contributed by atoms with E-state index in [0.29, 0.717) is 10.7 Å². The molecule has 0 saturated heterocycles. The van der Waals surface area contributed by atoms with Crippen LogP contribution in [0.1, 0.15) is 27.3 Å². The molecule has 0 fully saturated rings. The number of aromatic nitrogens is 3. The number of amides is 1. The Hall–Kier alpha value is -2.60. The van der Waals surface area contributed by atoms with Crippen LogP contribution in [0.25, 0.3) is 11.3 Å². The number of pyridine rings is 2. The van der Waals surface area contributed by atoms with Crippen molar-refractivity contribution >= 4 is 22.4 Å². The Balaban J connectivity index is 1.86. The van der Waals surface area contributed by atoms with Crippen molar-refractivity contribution in [3.8, 4) is 11.3 Å². The Morgan fingerprint density at radius 3 is 2.57 bits per heavy atom. The SMILES string of the molecule is Cc1cc(C)c(-c2csc(NC(=O)c3ccncc3)n2)c(C)n1. The minimum Gasteiger partial charge on any atom is -0.298 e. The predicted molar refractivity (Wildman–Crippen MR) is 91.7 cm³/mol. The van der Waals surface area contributed by atoms with Gasteiger partial charge in [0.1, 0.15) is 0 Å². The molecular formula is C17H16N4OS. The summed E-state index contributed by atoms with van der Waals surface area (Å²) in [6, 6.07) is 5.38. The summed E-state index contributed by atoms with van der Waals surface area (Å²) >= 11 is 1.40. The van der Waals surface area contributed by atoms with Gasteiger partial charge in [0, 0.05) is 40.3 Å². The van der Waals surface area contributed by atoms with Crippen LogP contribution < -0.4 is 5.32 Å². The van der Waals surface area contributed by atoms with E-state index in [4.69, 9.17) is 0 Å². The highest BCUT2D eigenvalue weighted by molar-refractivity contribution is 7.14. The Labute approximate surface area is 138 Å². The van der Waals surface area contributed by atoms with Crippen LogP contribution in [0.4, 0.5) is 5.13 Å². The minimum absolute atomic E-state index is 0.191. The second-order valence-electron chi connectivity index (χ2n) is 5.27. The van der Waals surface area contributed by atoms with Gasteiger partial charge in [0.2, 0.25) is 0 Å². The molecule has 0 radical (unpaired) electrons. The standard InChI is InChI=1S/C17H16N4OS/c1-10-8-11(2)19-12(3)15(10)14-9-23-17(20-14)21-16(22)13-4-6-18-7-5-13/h4-9H,1-3H3,(H,20,21,22). The molecule has 0 unspecified atom stereocenters. The van der Waals surface area contributed by atoms with Crippen molar-refractivity contribution < 1.29 is 4.79 Å². The number of rotatable bonds is 3. The van der Waals surface area contributed by atoms with Gasteiger partial charge in [0.15, 0.2) is 5.13 Å². The summed E-state index contributed by atoms with van der Waals surface area (Å²) in [5.74, 6) is -0.191. The van der Waals surface area contributed by atoms with Gasteiger partial charge in [-0.15, -0.1) is 11.3 Å². The van der Waals surface area contributed by atoms with E-state index in [-0.39, 0.29) is 5.91 Å². The van der Waals surface area contributed by atoms with Crippen LogP contribution in [0.15, 0.2) is 36.0 Å². The summed E-state index contributed by atoms with van der Waals surface area (Å²) in [5.41, 5.74) is 5.48. The van der Waals surface area contributed by atoms with Gasteiger partial charge in [-0.25, -0.2) is 4.98 Å². The average Bonchev–Trinajstić information content (AvgIpc) is 2.95. The molecule has 0 bridgehead atoms. The lowest BCUT2D eigenvalue weighted by Crippen LogP contribution is -2.11. The molecule has 6 heteroatoms. The third kappa shape index (κ3) is 3.27. The van der Waals surface area contributed by atoms with Crippen molar-refractivity contribution in [1.29, 1.82) is 0 Å². The van der Waals surface area contributed by atoms with Gasteiger partial charge in [-0.1, -0.05) is 0 Å². The first-order chi connectivity index (χ1) is 11.0. The van der Waals surface area contributed by atoms with Crippen molar-refractivity contribution in [2.45, 2.75) is 20.8 Å². The van der Waals surface area contributed by atoms with Crippen molar-refractivity contribution in [2.75, 3.05) is 5.32 Å². The summed E-state index contributed by atoms with van der Waals surface area (Å²) in [7, 11) is 0. The van der Waals surface area contributed by atoms with Crippen LogP contribution in [-0.4, -0.2) is 20.9 Å². The number of anilines is 1. The molecule has 0 atom stereocenters. The Bertz CT molecular complexity index is 835. The number of nitrogens with one attached hydrogen (secondary N) is 1. The molecule has 3 rings (SSSR count). The van der Waals surface area contributed by atoms with Crippen LogP contribution in [0.5, 0.6) is 0 Å². The lowest BCUT2D eigenvalue weighted by atomic mass is 10.0. The fourth-order valence-electron chi connectivity index (χ4n) is 2.53. The van der Waals surface area contributed by atoms with Gasteiger partial charge in [-0.05, 0) is 44.5 Å². The Morgan fingerprint density at radius 1 is 1.13 bits per heavy atom. The number of carbonyl (C=O) groups is 1. The van der Waals surface area contributed by atoms with Crippen LogP contribution in [-0.2, 0) is 0 Å².